The molecule has 144 valence electrons. The molecular weight excluding hydrogens is 437 g/mol. The fraction of sp³-hybridized carbons (Fsp3) is 0.706. The van der Waals surface area contributed by atoms with Crippen LogP contribution in [0, 0.1) is 0 Å². The summed E-state index contributed by atoms with van der Waals surface area (Å²) < 4.78 is 16.4. The number of furan rings is 1. The quantitative estimate of drug-likeness (QED) is 0.307. The van der Waals surface area contributed by atoms with E-state index >= 15 is 0 Å². The van der Waals surface area contributed by atoms with E-state index in [2.05, 4.69) is 15.6 Å². The molecule has 7 nitrogen and oxygen atoms in total. The van der Waals surface area contributed by atoms with Gasteiger partial charge < -0.3 is 29.6 Å². The Labute approximate surface area is 166 Å². The molecule has 2 heterocycles. The Morgan fingerprint density at radius 2 is 2.36 bits per heavy atom. The van der Waals surface area contributed by atoms with Crippen molar-refractivity contribution in [1.29, 1.82) is 0 Å². The zero-order valence-corrected chi connectivity index (χ0v) is 17.5. The SMILES string of the molecule is CCNC(=NCC(C)(O)c1ccco1)NC(C)COC1CCOC1.I. The Bertz CT molecular complexity index is 502. The van der Waals surface area contributed by atoms with Gasteiger partial charge in [-0.2, -0.15) is 0 Å². The van der Waals surface area contributed by atoms with Crippen LogP contribution in [0.15, 0.2) is 27.8 Å². The predicted octanol–water partition coefficient (Wildman–Crippen LogP) is 1.85. The van der Waals surface area contributed by atoms with Crippen molar-refractivity contribution in [1.82, 2.24) is 10.6 Å². The summed E-state index contributed by atoms with van der Waals surface area (Å²) in [7, 11) is 0. The summed E-state index contributed by atoms with van der Waals surface area (Å²) in [5.74, 6) is 1.14. The van der Waals surface area contributed by atoms with Crippen LogP contribution >= 0.6 is 24.0 Å². The molecule has 3 unspecified atom stereocenters. The maximum atomic E-state index is 10.5. The fourth-order valence-electron chi connectivity index (χ4n) is 2.42. The Morgan fingerprint density at radius 3 is 2.96 bits per heavy atom. The number of aliphatic imine (C=N–C) groups is 1. The van der Waals surface area contributed by atoms with Crippen LogP contribution in [0.25, 0.3) is 0 Å². The second kappa shape index (κ2) is 11.0. The predicted molar refractivity (Wildman–Crippen MR) is 107 cm³/mol. The minimum absolute atomic E-state index is 0. The van der Waals surface area contributed by atoms with E-state index in [9.17, 15) is 5.11 Å². The van der Waals surface area contributed by atoms with Gasteiger partial charge in [0.15, 0.2) is 5.96 Å². The molecule has 0 aromatic carbocycles. The Hall–Kier alpha value is -0.840. The minimum Gasteiger partial charge on any atom is -0.466 e. The summed E-state index contributed by atoms with van der Waals surface area (Å²) in [6, 6.07) is 3.59. The summed E-state index contributed by atoms with van der Waals surface area (Å²) in [6.45, 7) is 8.68. The van der Waals surface area contributed by atoms with E-state index in [-0.39, 0.29) is 42.7 Å². The Kier molecular flexibility index (Phi) is 9.77. The van der Waals surface area contributed by atoms with Gasteiger partial charge in [0.2, 0.25) is 0 Å². The van der Waals surface area contributed by atoms with Crippen LogP contribution in [0.1, 0.15) is 33.0 Å². The summed E-state index contributed by atoms with van der Waals surface area (Å²) >= 11 is 0. The molecule has 1 fully saturated rings. The minimum atomic E-state index is -1.15. The highest BCUT2D eigenvalue weighted by Gasteiger charge is 2.26. The molecule has 1 aromatic rings. The summed E-state index contributed by atoms with van der Waals surface area (Å²) in [4.78, 5) is 4.47. The molecule has 8 heteroatoms. The maximum absolute atomic E-state index is 10.5. The van der Waals surface area contributed by atoms with Crippen LogP contribution in [-0.2, 0) is 15.1 Å². The van der Waals surface area contributed by atoms with Crippen molar-refractivity contribution in [3.05, 3.63) is 24.2 Å². The number of halogens is 1. The van der Waals surface area contributed by atoms with Gasteiger partial charge >= 0.3 is 0 Å². The first-order valence-electron chi connectivity index (χ1n) is 8.52. The van der Waals surface area contributed by atoms with Crippen molar-refractivity contribution in [2.24, 2.45) is 4.99 Å². The molecule has 0 saturated carbocycles. The van der Waals surface area contributed by atoms with E-state index in [1.807, 2.05) is 13.8 Å². The molecule has 3 N–H and O–H groups in total. The molecule has 1 aromatic heterocycles. The molecule has 1 saturated heterocycles. The lowest BCUT2D eigenvalue weighted by molar-refractivity contribution is 0.0345. The lowest BCUT2D eigenvalue weighted by atomic mass is 10.0. The third kappa shape index (κ3) is 7.51. The zero-order valence-electron chi connectivity index (χ0n) is 15.2. The highest BCUT2D eigenvalue weighted by Crippen LogP contribution is 2.21. The molecule has 1 aliphatic heterocycles. The molecule has 25 heavy (non-hydrogen) atoms. The molecular formula is C17H30IN3O4. The van der Waals surface area contributed by atoms with E-state index in [1.165, 1.54) is 0 Å². The number of nitrogens with one attached hydrogen (secondary N) is 2. The number of guanidine groups is 1. The van der Waals surface area contributed by atoms with Gasteiger partial charge in [-0.05, 0) is 39.3 Å². The van der Waals surface area contributed by atoms with Gasteiger partial charge in [-0.15, -0.1) is 24.0 Å². The third-order valence-electron chi connectivity index (χ3n) is 3.79. The van der Waals surface area contributed by atoms with E-state index < -0.39 is 5.60 Å². The summed E-state index contributed by atoms with van der Waals surface area (Å²) in [5.41, 5.74) is -1.15. The highest BCUT2D eigenvalue weighted by molar-refractivity contribution is 14.0. The Morgan fingerprint density at radius 1 is 1.56 bits per heavy atom. The van der Waals surface area contributed by atoms with Gasteiger partial charge in [0.05, 0.1) is 32.1 Å². The molecule has 0 amide bonds. The smallest absolute Gasteiger partial charge is 0.191 e. The first kappa shape index (κ1) is 22.2. The van der Waals surface area contributed by atoms with Gasteiger partial charge in [0, 0.05) is 19.2 Å². The van der Waals surface area contributed by atoms with E-state index in [0.29, 0.717) is 24.9 Å². The molecule has 0 aliphatic carbocycles. The largest absolute Gasteiger partial charge is 0.466 e. The third-order valence-corrected chi connectivity index (χ3v) is 3.79. The van der Waals surface area contributed by atoms with E-state index in [1.54, 1.807) is 25.3 Å². The van der Waals surface area contributed by atoms with Crippen LogP contribution in [-0.4, -0.2) is 56.1 Å². The first-order chi connectivity index (χ1) is 11.5. The number of hydrogen-bond acceptors (Lipinski definition) is 5. The summed E-state index contributed by atoms with van der Waals surface area (Å²) in [6.07, 6.45) is 2.68. The fourth-order valence-corrected chi connectivity index (χ4v) is 2.42. The normalized spacial score (nSPS) is 21.3. The van der Waals surface area contributed by atoms with Crippen molar-refractivity contribution in [3.63, 3.8) is 0 Å². The first-order valence-corrected chi connectivity index (χ1v) is 8.52. The van der Waals surface area contributed by atoms with Crippen molar-refractivity contribution in [2.45, 2.75) is 44.9 Å². The average Bonchev–Trinajstić information content (AvgIpc) is 3.24. The monoisotopic (exact) mass is 467 g/mol. The van der Waals surface area contributed by atoms with Crippen molar-refractivity contribution in [2.75, 3.05) is 32.9 Å². The standard InChI is InChI=1S/C17H29N3O4.HI/c1-4-18-16(19-12-17(3,21)15-6-5-8-23-15)20-13(2)10-24-14-7-9-22-11-14;/h5-6,8,13-14,21H,4,7,9-12H2,1-3H3,(H2,18,19,20);1H. The van der Waals surface area contributed by atoms with Crippen LogP contribution in [0.4, 0.5) is 0 Å². The molecule has 3 atom stereocenters. The van der Waals surface area contributed by atoms with Crippen LogP contribution in [0.2, 0.25) is 0 Å². The molecule has 2 rings (SSSR count). The molecule has 0 bridgehead atoms. The van der Waals surface area contributed by atoms with E-state index in [4.69, 9.17) is 13.9 Å². The van der Waals surface area contributed by atoms with Gasteiger partial charge in [-0.1, -0.05) is 0 Å². The Balaban J connectivity index is 0.00000312. The van der Waals surface area contributed by atoms with Crippen molar-refractivity contribution in [3.8, 4) is 0 Å². The molecule has 0 radical (unpaired) electrons. The van der Waals surface area contributed by atoms with Crippen molar-refractivity contribution >= 4 is 29.9 Å². The summed E-state index contributed by atoms with van der Waals surface area (Å²) in [5, 5.41) is 16.9. The van der Waals surface area contributed by atoms with Crippen LogP contribution in [0.3, 0.4) is 0 Å². The second-order valence-corrected chi connectivity index (χ2v) is 6.31. The number of aliphatic hydroxyl groups is 1. The number of rotatable bonds is 8. The molecule has 1 aliphatic rings. The van der Waals surface area contributed by atoms with Gasteiger partial charge in [-0.25, -0.2) is 4.99 Å². The topological polar surface area (TPSA) is 88.3 Å². The highest BCUT2D eigenvalue weighted by atomic mass is 127. The molecule has 0 spiro atoms. The van der Waals surface area contributed by atoms with Gasteiger partial charge in [-0.3, -0.25) is 0 Å². The lowest BCUT2D eigenvalue weighted by Gasteiger charge is -2.22. The number of hydrogen-bond donors (Lipinski definition) is 3. The second-order valence-electron chi connectivity index (χ2n) is 6.31. The van der Waals surface area contributed by atoms with E-state index in [0.717, 1.165) is 19.6 Å². The number of ether oxygens (including phenoxy) is 2. The lowest BCUT2D eigenvalue weighted by Crippen LogP contribution is -2.45. The number of nitrogens with zero attached hydrogens (tertiary/aromatic N) is 1. The zero-order chi connectivity index (χ0) is 17.4. The maximum Gasteiger partial charge on any atom is 0.191 e. The van der Waals surface area contributed by atoms with Gasteiger partial charge in [0.1, 0.15) is 11.4 Å². The van der Waals surface area contributed by atoms with Crippen molar-refractivity contribution < 1.29 is 19.0 Å². The average molecular weight is 467 g/mol. The van der Waals surface area contributed by atoms with Crippen LogP contribution in [0.5, 0.6) is 0 Å². The van der Waals surface area contributed by atoms with Gasteiger partial charge in [0.25, 0.3) is 0 Å². The van der Waals surface area contributed by atoms with Crippen LogP contribution < -0.4 is 10.6 Å².